The van der Waals surface area contributed by atoms with Gasteiger partial charge < -0.3 is 4.79 Å². The number of carbonyl (C=O) groups excluding carboxylic acids is 2. The Balaban J connectivity index is 1.74. The highest BCUT2D eigenvalue weighted by molar-refractivity contribution is 5.98. The van der Waals surface area contributed by atoms with Crippen LogP contribution in [0.2, 0.25) is 0 Å². The molecule has 0 amide bonds. The summed E-state index contributed by atoms with van der Waals surface area (Å²) >= 11 is 0. The van der Waals surface area contributed by atoms with Crippen LogP contribution in [0.3, 0.4) is 0 Å². The second-order valence-electron chi connectivity index (χ2n) is 6.15. The molecule has 0 saturated carbocycles. The molecule has 3 aromatic rings. The van der Waals surface area contributed by atoms with Crippen LogP contribution in [0, 0.1) is 0 Å². The van der Waals surface area contributed by atoms with Crippen LogP contribution in [0.5, 0.6) is 0 Å². The van der Waals surface area contributed by atoms with Crippen LogP contribution in [-0.4, -0.2) is 11.6 Å². The molecule has 0 aliphatic rings. The van der Waals surface area contributed by atoms with Gasteiger partial charge in [0.05, 0.1) is 0 Å². The van der Waals surface area contributed by atoms with E-state index in [0.29, 0.717) is 12.0 Å². The molecule has 0 aliphatic heterocycles. The quantitative estimate of drug-likeness (QED) is 0.554. The summed E-state index contributed by atoms with van der Waals surface area (Å²) in [6, 6.07) is 26.3. The number of hydrogen-bond donors (Lipinski definition) is 0. The van der Waals surface area contributed by atoms with E-state index in [-0.39, 0.29) is 18.0 Å². The third-order valence-electron chi connectivity index (χ3n) is 4.24. The largest absolute Gasteiger partial charge is 0.300 e. The highest BCUT2D eigenvalue weighted by Gasteiger charge is 2.08. The molecule has 3 aromatic carbocycles. The lowest BCUT2D eigenvalue weighted by Gasteiger charge is -2.06. The average molecular weight is 328 g/mol. The molecule has 124 valence electrons. The molecule has 0 radical (unpaired) electrons. The first-order valence-electron chi connectivity index (χ1n) is 8.42. The molecule has 0 spiro atoms. The van der Waals surface area contributed by atoms with Gasteiger partial charge in [0.25, 0.3) is 0 Å². The molecule has 0 aromatic heterocycles. The minimum absolute atomic E-state index is 0.0150. The van der Waals surface area contributed by atoms with Gasteiger partial charge in [-0.25, -0.2) is 0 Å². The molecule has 25 heavy (non-hydrogen) atoms. The normalized spacial score (nSPS) is 10.4. The predicted octanol–water partition coefficient (Wildman–Crippen LogP) is 5.57. The Labute approximate surface area is 148 Å². The lowest BCUT2D eigenvalue weighted by Crippen LogP contribution is -2.02. The van der Waals surface area contributed by atoms with E-state index in [1.165, 1.54) is 18.1 Å². The van der Waals surface area contributed by atoms with Gasteiger partial charge in [-0.1, -0.05) is 78.9 Å². The number of Topliss-reactive ketones (excluding diaryl/α,β-unsaturated/α-hetero) is 2. The van der Waals surface area contributed by atoms with E-state index in [0.717, 1.165) is 11.1 Å². The molecule has 0 atom stereocenters. The van der Waals surface area contributed by atoms with E-state index in [1.807, 2.05) is 42.5 Å². The highest BCUT2D eigenvalue weighted by atomic mass is 16.1. The summed E-state index contributed by atoms with van der Waals surface area (Å²) in [6.45, 7) is 1.51. The summed E-state index contributed by atoms with van der Waals surface area (Å²) in [5.41, 5.74) is 5.22. The van der Waals surface area contributed by atoms with Gasteiger partial charge >= 0.3 is 0 Å². The molecule has 0 aliphatic carbocycles. The van der Waals surface area contributed by atoms with Crippen molar-refractivity contribution in [2.75, 3.05) is 0 Å². The van der Waals surface area contributed by atoms with Crippen molar-refractivity contribution < 1.29 is 9.59 Å². The minimum Gasteiger partial charge on any atom is -0.300 e. The summed E-state index contributed by atoms with van der Waals surface area (Å²) in [5.74, 6) is 0.0599. The fourth-order valence-electron chi connectivity index (χ4n) is 2.77. The summed E-state index contributed by atoms with van der Waals surface area (Å²) in [7, 11) is 0. The lowest BCUT2D eigenvalue weighted by molar-refractivity contribution is -0.116. The summed E-state index contributed by atoms with van der Waals surface area (Å²) in [6.07, 6.45) is 0.585. The van der Waals surface area contributed by atoms with E-state index in [2.05, 4.69) is 36.4 Å². The third-order valence-corrected chi connectivity index (χ3v) is 4.24. The van der Waals surface area contributed by atoms with Gasteiger partial charge in [-0.2, -0.15) is 0 Å². The number of hydrogen-bond acceptors (Lipinski definition) is 2. The van der Waals surface area contributed by atoms with Crippen LogP contribution >= 0.6 is 0 Å². The zero-order chi connectivity index (χ0) is 17.6. The number of ketones is 2. The first-order valence-corrected chi connectivity index (χ1v) is 8.42. The van der Waals surface area contributed by atoms with Gasteiger partial charge in [0.1, 0.15) is 5.78 Å². The van der Waals surface area contributed by atoms with Crippen molar-refractivity contribution in [2.45, 2.75) is 19.8 Å². The molecule has 2 heteroatoms. The fourth-order valence-corrected chi connectivity index (χ4v) is 2.77. The first-order chi connectivity index (χ1) is 12.1. The predicted molar refractivity (Wildman–Crippen MR) is 102 cm³/mol. The molecule has 0 heterocycles. The highest BCUT2D eigenvalue weighted by Crippen LogP contribution is 2.25. The van der Waals surface area contributed by atoms with Gasteiger partial charge in [-0.05, 0) is 29.2 Å². The number of rotatable bonds is 6. The Kier molecular flexibility index (Phi) is 5.20. The van der Waals surface area contributed by atoms with Gasteiger partial charge in [0.2, 0.25) is 0 Å². The summed E-state index contributed by atoms with van der Waals surface area (Å²) in [4.78, 5) is 23.0. The molecular weight excluding hydrogens is 308 g/mol. The van der Waals surface area contributed by atoms with Crippen LogP contribution in [0.25, 0.3) is 22.3 Å². The average Bonchev–Trinajstić information content (AvgIpc) is 2.67. The minimum atomic E-state index is 0.0150. The Morgan fingerprint density at radius 1 is 0.600 bits per heavy atom. The van der Waals surface area contributed by atoms with E-state index >= 15 is 0 Å². The fraction of sp³-hybridized carbons (Fsp3) is 0.130. The second-order valence-corrected chi connectivity index (χ2v) is 6.15. The monoisotopic (exact) mass is 328 g/mol. The Morgan fingerprint density at radius 2 is 1.04 bits per heavy atom. The van der Waals surface area contributed by atoms with Gasteiger partial charge in [-0.15, -0.1) is 0 Å². The third kappa shape index (κ3) is 4.30. The van der Waals surface area contributed by atoms with Crippen molar-refractivity contribution in [1.82, 2.24) is 0 Å². The van der Waals surface area contributed by atoms with E-state index in [9.17, 15) is 9.59 Å². The van der Waals surface area contributed by atoms with E-state index < -0.39 is 0 Å². The van der Waals surface area contributed by atoms with Gasteiger partial charge in [-0.3, -0.25) is 4.79 Å². The maximum Gasteiger partial charge on any atom is 0.163 e. The van der Waals surface area contributed by atoms with Crippen molar-refractivity contribution in [3.8, 4) is 22.3 Å². The van der Waals surface area contributed by atoms with Gasteiger partial charge in [0.15, 0.2) is 5.78 Å². The van der Waals surface area contributed by atoms with Crippen molar-refractivity contribution in [1.29, 1.82) is 0 Å². The van der Waals surface area contributed by atoms with Crippen LogP contribution in [0.1, 0.15) is 30.1 Å². The molecule has 0 bridgehead atoms. The second kappa shape index (κ2) is 7.71. The Morgan fingerprint density at radius 3 is 1.52 bits per heavy atom. The van der Waals surface area contributed by atoms with E-state index in [4.69, 9.17) is 0 Å². The molecule has 0 saturated heterocycles. The Bertz CT molecular complexity index is 860. The van der Waals surface area contributed by atoms with Crippen LogP contribution < -0.4 is 0 Å². The standard InChI is InChI=1S/C23H20O2/c1-17(24)7-16-23(25)22-14-12-21(13-15-22)20-10-8-19(9-11-20)18-5-3-2-4-6-18/h2-6,8-15H,7,16H2,1H3. The zero-order valence-corrected chi connectivity index (χ0v) is 14.2. The molecule has 0 fully saturated rings. The van der Waals surface area contributed by atoms with E-state index in [1.54, 1.807) is 0 Å². The van der Waals surface area contributed by atoms with Crippen molar-refractivity contribution in [2.24, 2.45) is 0 Å². The maximum absolute atomic E-state index is 12.0. The molecular formula is C23H20O2. The van der Waals surface area contributed by atoms with Crippen molar-refractivity contribution in [3.63, 3.8) is 0 Å². The van der Waals surface area contributed by atoms with Gasteiger partial charge in [0, 0.05) is 18.4 Å². The molecule has 0 N–H and O–H groups in total. The molecule has 3 rings (SSSR count). The lowest BCUT2D eigenvalue weighted by atomic mass is 9.98. The van der Waals surface area contributed by atoms with Crippen molar-refractivity contribution in [3.05, 3.63) is 84.4 Å². The zero-order valence-electron chi connectivity index (χ0n) is 14.2. The van der Waals surface area contributed by atoms with Crippen LogP contribution in [-0.2, 0) is 4.79 Å². The Hall–Kier alpha value is -3.00. The summed E-state index contributed by atoms with van der Waals surface area (Å²) in [5, 5.41) is 0. The smallest absolute Gasteiger partial charge is 0.163 e. The molecule has 2 nitrogen and oxygen atoms in total. The number of carbonyl (C=O) groups is 2. The summed E-state index contributed by atoms with van der Waals surface area (Å²) < 4.78 is 0. The maximum atomic E-state index is 12.0. The number of benzene rings is 3. The molecule has 0 unspecified atom stereocenters. The van der Waals surface area contributed by atoms with Crippen molar-refractivity contribution >= 4 is 11.6 Å². The van der Waals surface area contributed by atoms with Crippen LogP contribution in [0.15, 0.2) is 78.9 Å². The first kappa shape index (κ1) is 16.8. The topological polar surface area (TPSA) is 34.1 Å². The SMILES string of the molecule is CC(=O)CCC(=O)c1ccc(-c2ccc(-c3ccccc3)cc2)cc1. The van der Waals surface area contributed by atoms with Crippen LogP contribution in [0.4, 0.5) is 0 Å².